The Bertz CT molecular complexity index is 923. The van der Waals surface area contributed by atoms with E-state index in [4.69, 9.17) is 9.47 Å². The number of amides is 2. The van der Waals surface area contributed by atoms with Gasteiger partial charge in [-0.25, -0.2) is 9.78 Å². The Kier molecular flexibility index (Phi) is 6.76. The van der Waals surface area contributed by atoms with Crippen LogP contribution in [-0.2, 0) is 11.2 Å². The van der Waals surface area contributed by atoms with E-state index in [1.54, 1.807) is 18.1 Å². The van der Waals surface area contributed by atoms with Crippen LogP contribution in [0.5, 0.6) is 11.6 Å². The topological polar surface area (TPSA) is 84.0 Å². The van der Waals surface area contributed by atoms with Gasteiger partial charge >= 0.3 is 12.0 Å². The molecule has 0 unspecified atom stereocenters. The lowest BCUT2D eigenvalue weighted by Gasteiger charge is -2.36. The Labute approximate surface area is 176 Å². The molecule has 0 saturated carbocycles. The molecule has 1 aliphatic rings. The van der Waals surface area contributed by atoms with Crippen LogP contribution in [0.4, 0.5) is 16.2 Å². The number of carbonyl (C=O) groups excluding carboxylic acids is 2. The zero-order valence-electron chi connectivity index (χ0n) is 17.9. The molecule has 160 valence electrons. The number of pyridine rings is 1. The summed E-state index contributed by atoms with van der Waals surface area (Å²) in [4.78, 5) is 32.4. The Morgan fingerprint density at radius 2 is 1.90 bits per heavy atom. The van der Waals surface area contributed by atoms with E-state index in [1.807, 2.05) is 31.2 Å². The molecular weight excluding hydrogens is 384 g/mol. The summed E-state index contributed by atoms with van der Waals surface area (Å²) in [7, 11) is 1.55. The van der Waals surface area contributed by atoms with E-state index in [1.165, 1.54) is 6.92 Å². The van der Waals surface area contributed by atoms with Crippen molar-refractivity contribution in [1.29, 1.82) is 0 Å². The average Bonchev–Trinajstić information content (AvgIpc) is 2.74. The molecule has 0 atom stereocenters. The molecule has 0 bridgehead atoms. The van der Waals surface area contributed by atoms with Gasteiger partial charge in [-0.15, -0.1) is 0 Å². The first kappa shape index (κ1) is 21.4. The van der Waals surface area contributed by atoms with Gasteiger partial charge in [0, 0.05) is 50.6 Å². The second-order valence-electron chi connectivity index (χ2n) is 7.14. The quantitative estimate of drug-likeness (QED) is 0.600. The lowest BCUT2D eigenvalue weighted by atomic mass is 10.1. The largest absolute Gasteiger partial charge is 0.480 e. The molecule has 2 amide bonds. The van der Waals surface area contributed by atoms with Gasteiger partial charge in [-0.3, -0.25) is 4.79 Å². The Hall–Kier alpha value is -3.29. The van der Waals surface area contributed by atoms with E-state index in [9.17, 15) is 9.59 Å². The van der Waals surface area contributed by atoms with Crippen LogP contribution in [0.3, 0.4) is 0 Å². The number of aromatic nitrogens is 1. The maximum Gasteiger partial charge on any atom is 0.322 e. The van der Waals surface area contributed by atoms with Crippen molar-refractivity contribution >= 4 is 23.4 Å². The maximum absolute atomic E-state index is 12.8. The number of rotatable bonds is 5. The van der Waals surface area contributed by atoms with Crippen LogP contribution in [0, 0.1) is 6.92 Å². The molecule has 1 fully saturated rings. The summed E-state index contributed by atoms with van der Waals surface area (Å²) in [5.74, 6) is 0.589. The van der Waals surface area contributed by atoms with Crippen LogP contribution in [-0.4, -0.2) is 55.2 Å². The number of piperazine rings is 1. The lowest BCUT2D eigenvalue weighted by molar-refractivity contribution is -0.131. The van der Waals surface area contributed by atoms with Crippen molar-refractivity contribution in [3.05, 3.63) is 41.6 Å². The summed E-state index contributed by atoms with van der Waals surface area (Å²) >= 11 is 0. The van der Waals surface area contributed by atoms with Crippen LogP contribution in [0.15, 0.2) is 30.3 Å². The first-order valence-corrected chi connectivity index (χ1v) is 10.0. The zero-order chi connectivity index (χ0) is 21.7. The van der Waals surface area contributed by atoms with Crippen LogP contribution >= 0.6 is 0 Å². The molecule has 0 aliphatic carbocycles. The number of hydrogen-bond donors (Lipinski definition) is 1. The number of nitrogens with one attached hydrogen (secondary N) is 1. The Balaban J connectivity index is 1.63. The van der Waals surface area contributed by atoms with Gasteiger partial charge < -0.3 is 24.6 Å². The summed E-state index contributed by atoms with van der Waals surface area (Å²) in [6, 6.07) is 9.17. The van der Waals surface area contributed by atoms with Crippen LogP contribution < -0.4 is 19.7 Å². The smallest absolute Gasteiger partial charge is 0.322 e. The number of hydrogen-bond acceptors (Lipinski definition) is 6. The number of urea groups is 1. The van der Waals surface area contributed by atoms with E-state index < -0.39 is 0 Å². The van der Waals surface area contributed by atoms with Crippen LogP contribution in [0.25, 0.3) is 0 Å². The van der Waals surface area contributed by atoms with Gasteiger partial charge in [-0.05, 0) is 37.1 Å². The second-order valence-corrected chi connectivity index (χ2v) is 7.14. The molecule has 1 saturated heterocycles. The predicted octanol–water partition coefficient (Wildman–Crippen LogP) is 3.24. The van der Waals surface area contributed by atoms with Crippen LogP contribution in [0.1, 0.15) is 25.1 Å². The number of methoxy groups -OCH3 is 1. The minimum Gasteiger partial charge on any atom is -0.480 e. The zero-order valence-corrected chi connectivity index (χ0v) is 17.9. The first-order chi connectivity index (χ1) is 14.4. The lowest BCUT2D eigenvalue weighted by Crippen LogP contribution is -2.50. The summed E-state index contributed by atoms with van der Waals surface area (Å²) in [5.41, 5.74) is 3.52. The Morgan fingerprint density at radius 1 is 1.17 bits per heavy atom. The monoisotopic (exact) mass is 412 g/mol. The SMILES string of the molecule is CCc1cc(NC(=O)N2CCN(c3cccc(OC(C)=O)c3)CC2)c(OC)nc1C. The molecule has 2 heterocycles. The van der Waals surface area contributed by atoms with Gasteiger partial charge in [-0.2, -0.15) is 0 Å². The number of aryl methyl sites for hydroxylation is 2. The third kappa shape index (κ3) is 5.00. The van der Waals surface area contributed by atoms with Gasteiger partial charge in [0.15, 0.2) is 0 Å². The number of esters is 1. The number of anilines is 2. The van der Waals surface area contributed by atoms with Crippen molar-refractivity contribution in [1.82, 2.24) is 9.88 Å². The van der Waals surface area contributed by atoms with E-state index in [0.29, 0.717) is 43.5 Å². The predicted molar refractivity (Wildman–Crippen MR) is 115 cm³/mol. The number of ether oxygens (including phenoxy) is 2. The fourth-order valence-corrected chi connectivity index (χ4v) is 3.50. The molecular formula is C22H28N4O4. The van der Waals surface area contributed by atoms with E-state index >= 15 is 0 Å². The molecule has 1 aromatic carbocycles. The number of carbonyl (C=O) groups is 2. The summed E-state index contributed by atoms with van der Waals surface area (Å²) in [6.45, 7) is 7.88. The molecule has 8 heteroatoms. The Morgan fingerprint density at radius 3 is 2.53 bits per heavy atom. The molecule has 1 N–H and O–H groups in total. The maximum atomic E-state index is 12.8. The van der Waals surface area contributed by atoms with Gasteiger partial charge in [0.1, 0.15) is 11.4 Å². The van der Waals surface area contributed by atoms with E-state index in [-0.39, 0.29) is 12.0 Å². The van der Waals surface area contributed by atoms with Crippen molar-refractivity contribution in [2.75, 3.05) is 43.5 Å². The third-order valence-electron chi connectivity index (χ3n) is 5.11. The molecule has 30 heavy (non-hydrogen) atoms. The molecule has 1 aromatic heterocycles. The molecule has 2 aromatic rings. The average molecular weight is 412 g/mol. The fraction of sp³-hybridized carbons (Fsp3) is 0.409. The summed E-state index contributed by atoms with van der Waals surface area (Å²) in [6.07, 6.45) is 0.830. The fourth-order valence-electron chi connectivity index (χ4n) is 3.50. The minimum atomic E-state index is -0.346. The second kappa shape index (κ2) is 9.47. The van der Waals surface area contributed by atoms with Gasteiger partial charge in [0.05, 0.1) is 7.11 Å². The van der Waals surface area contributed by atoms with Gasteiger partial charge in [0.2, 0.25) is 5.88 Å². The van der Waals surface area contributed by atoms with E-state index in [2.05, 4.69) is 22.1 Å². The van der Waals surface area contributed by atoms with Gasteiger partial charge in [-0.1, -0.05) is 13.0 Å². The summed E-state index contributed by atoms with van der Waals surface area (Å²) in [5, 5.41) is 2.94. The highest BCUT2D eigenvalue weighted by Crippen LogP contribution is 2.26. The molecule has 8 nitrogen and oxygen atoms in total. The number of nitrogens with zero attached hydrogens (tertiary/aromatic N) is 3. The van der Waals surface area contributed by atoms with Gasteiger partial charge in [0.25, 0.3) is 0 Å². The summed E-state index contributed by atoms with van der Waals surface area (Å²) < 4.78 is 10.5. The third-order valence-corrected chi connectivity index (χ3v) is 5.11. The molecule has 0 radical (unpaired) electrons. The van der Waals surface area contributed by atoms with Crippen molar-refractivity contribution < 1.29 is 19.1 Å². The minimum absolute atomic E-state index is 0.172. The molecule has 3 rings (SSSR count). The van der Waals surface area contributed by atoms with E-state index in [0.717, 1.165) is 23.4 Å². The normalized spacial score (nSPS) is 13.7. The highest BCUT2D eigenvalue weighted by Gasteiger charge is 2.23. The van der Waals surface area contributed by atoms with Crippen molar-refractivity contribution in [2.45, 2.75) is 27.2 Å². The number of benzene rings is 1. The van der Waals surface area contributed by atoms with Crippen molar-refractivity contribution in [3.8, 4) is 11.6 Å². The highest BCUT2D eigenvalue weighted by molar-refractivity contribution is 5.91. The van der Waals surface area contributed by atoms with Crippen molar-refractivity contribution in [2.24, 2.45) is 0 Å². The molecule has 1 aliphatic heterocycles. The highest BCUT2D eigenvalue weighted by atomic mass is 16.5. The van der Waals surface area contributed by atoms with Crippen LogP contribution in [0.2, 0.25) is 0 Å². The molecule has 0 spiro atoms. The standard InChI is InChI=1S/C22H28N4O4/c1-5-17-13-20(21(29-4)23-15(17)2)24-22(28)26-11-9-25(10-12-26)18-7-6-8-19(14-18)30-16(3)27/h6-8,13-14H,5,9-12H2,1-4H3,(H,24,28). The first-order valence-electron chi connectivity index (χ1n) is 10.0. The van der Waals surface area contributed by atoms with Crippen molar-refractivity contribution in [3.63, 3.8) is 0 Å².